The number of nitrogens with one attached hydrogen (secondary N) is 1. The Morgan fingerprint density at radius 1 is 1.04 bits per heavy atom. The zero-order valence-corrected chi connectivity index (χ0v) is 15.5. The smallest absolute Gasteiger partial charge is 0.238 e. The lowest BCUT2D eigenvalue weighted by Gasteiger charge is -2.02. The summed E-state index contributed by atoms with van der Waals surface area (Å²) < 4.78 is 28.1. The zero-order valence-electron chi connectivity index (χ0n) is 13.2. The Morgan fingerprint density at radius 2 is 1.77 bits per heavy atom. The van der Waals surface area contributed by atoms with Crippen molar-refractivity contribution in [1.82, 2.24) is 0 Å². The number of rotatable bonds is 5. The molecule has 9 heteroatoms. The van der Waals surface area contributed by atoms with E-state index in [0.717, 1.165) is 0 Å². The third kappa shape index (κ3) is 4.44. The molecule has 0 fully saturated rings. The van der Waals surface area contributed by atoms with Crippen LogP contribution in [0, 0.1) is 0 Å². The summed E-state index contributed by atoms with van der Waals surface area (Å²) in [4.78, 5) is 0.0288. The molecule has 0 saturated heterocycles. The topological polar surface area (TPSA) is 97.7 Å². The molecule has 0 amide bonds. The van der Waals surface area contributed by atoms with E-state index in [9.17, 15) is 8.42 Å². The van der Waals surface area contributed by atoms with Gasteiger partial charge in [-0.25, -0.2) is 13.6 Å². The molecule has 3 N–H and O–H groups in total. The molecule has 0 bridgehead atoms. The van der Waals surface area contributed by atoms with Crippen LogP contribution in [0.25, 0.3) is 11.3 Å². The summed E-state index contributed by atoms with van der Waals surface area (Å²) in [6.07, 6.45) is 1.48. The number of furan rings is 1. The molecule has 0 aliphatic carbocycles. The Morgan fingerprint density at radius 3 is 2.46 bits per heavy atom. The maximum absolute atomic E-state index is 11.2. The van der Waals surface area contributed by atoms with E-state index in [1.807, 2.05) is 0 Å². The first-order chi connectivity index (χ1) is 12.3. The summed E-state index contributed by atoms with van der Waals surface area (Å²) in [6, 6.07) is 14.5. The van der Waals surface area contributed by atoms with Gasteiger partial charge in [-0.05, 0) is 54.6 Å². The molecule has 3 rings (SSSR count). The van der Waals surface area contributed by atoms with Crippen LogP contribution in [0.5, 0.6) is 0 Å². The van der Waals surface area contributed by atoms with E-state index in [-0.39, 0.29) is 4.90 Å². The number of anilines is 1. The van der Waals surface area contributed by atoms with E-state index in [1.54, 1.807) is 42.5 Å². The van der Waals surface area contributed by atoms with Crippen molar-refractivity contribution in [2.75, 3.05) is 5.43 Å². The van der Waals surface area contributed by atoms with E-state index in [4.69, 9.17) is 32.8 Å². The molecule has 0 aliphatic rings. The van der Waals surface area contributed by atoms with Crippen molar-refractivity contribution in [2.45, 2.75) is 4.90 Å². The number of nitrogens with two attached hydrogens (primary N) is 1. The van der Waals surface area contributed by atoms with Crippen LogP contribution in [-0.2, 0) is 10.0 Å². The van der Waals surface area contributed by atoms with E-state index >= 15 is 0 Å². The molecule has 6 nitrogen and oxygen atoms in total. The Labute approximate surface area is 160 Å². The number of primary sulfonamides is 1. The van der Waals surface area contributed by atoms with Crippen molar-refractivity contribution in [2.24, 2.45) is 10.2 Å². The molecule has 2 aromatic carbocycles. The summed E-state index contributed by atoms with van der Waals surface area (Å²) in [5.41, 5.74) is 4.05. The van der Waals surface area contributed by atoms with Gasteiger partial charge in [-0.3, -0.25) is 5.43 Å². The lowest BCUT2D eigenvalue weighted by molar-refractivity contribution is 0.575. The van der Waals surface area contributed by atoms with E-state index in [0.29, 0.717) is 32.8 Å². The highest BCUT2D eigenvalue weighted by molar-refractivity contribution is 7.89. The fourth-order valence-electron chi connectivity index (χ4n) is 2.14. The van der Waals surface area contributed by atoms with E-state index in [1.165, 1.54) is 18.3 Å². The molecule has 0 unspecified atom stereocenters. The molecule has 1 heterocycles. The van der Waals surface area contributed by atoms with Crippen molar-refractivity contribution in [1.29, 1.82) is 0 Å². The second kappa shape index (κ2) is 7.51. The minimum absolute atomic E-state index is 0.0288. The van der Waals surface area contributed by atoms with Crippen molar-refractivity contribution < 1.29 is 12.8 Å². The monoisotopic (exact) mass is 409 g/mol. The molecular weight excluding hydrogens is 397 g/mol. The van der Waals surface area contributed by atoms with Crippen LogP contribution < -0.4 is 10.6 Å². The van der Waals surface area contributed by atoms with E-state index < -0.39 is 10.0 Å². The van der Waals surface area contributed by atoms with Gasteiger partial charge in [0.25, 0.3) is 0 Å². The molecule has 134 valence electrons. The van der Waals surface area contributed by atoms with Crippen LogP contribution in [0.2, 0.25) is 10.0 Å². The predicted octanol–water partition coefficient (Wildman–Crippen LogP) is 4.35. The quantitative estimate of drug-likeness (QED) is 0.483. The molecule has 0 aliphatic heterocycles. The van der Waals surface area contributed by atoms with Crippen LogP contribution >= 0.6 is 23.2 Å². The van der Waals surface area contributed by atoms with Gasteiger partial charge in [0.05, 0.1) is 21.8 Å². The van der Waals surface area contributed by atoms with Gasteiger partial charge in [0.15, 0.2) is 0 Å². The molecule has 0 atom stereocenters. The summed E-state index contributed by atoms with van der Waals surface area (Å²) in [5.74, 6) is 1.07. The molecule has 1 aromatic heterocycles. The highest BCUT2D eigenvalue weighted by Gasteiger charge is 2.09. The van der Waals surface area contributed by atoms with Gasteiger partial charge in [-0.1, -0.05) is 23.2 Å². The minimum atomic E-state index is -3.71. The number of hydrogen-bond donors (Lipinski definition) is 2. The number of hydrogen-bond acceptors (Lipinski definition) is 5. The lowest BCUT2D eigenvalue weighted by Crippen LogP contribution is -2.11. The van der Waals surface area contributed by atoms with Gasteiger partial charge in [0.1, 0.15) is 11.5 Å². The molecule has 3 aromatic rings. The Hall–Kier alpha value is -2.32. The van der Waals surface area contributed by atoms with Gasteiger partial charge in [0.2, 0.25) is 10.0 Å². The van der Waals surface area contributed by atoms with Crippen LogP contribution in [0.15, 0.2) is 69.0 Å². The van der Waals surface area contributed by atoms with E-state index in [2.05, 4.69) is 10.5 Å². The molecule has 0 saturated carbocycles. The number of hydrazone groups is 1. The second-order valence-electron chi connectivity index (χ2n) is 5.27. The molecule has 0 radical (unpaired) electrons. The number of nitrogens with zero attached hydrogens (tertiary/aromatic N) is 1. The first-order valence-corrected chi connectivity index (χ1v) is 9.60. The second-order valence-corrected chi connectivity index (χ2v) is 7.67. The van der Waals surface area contributed by atoms with Gasteiger partial charge in [-0.2, -0.15) is 5.10 Å². The van der Waals surface area contributed by atoms with Crippen LogP contribution in [0.1, 0.15) is 5.76 Å². The Kier molecular flexibility index (Phi) is 5.33. The lowest BCUT2D eigenvalue weighted by atomic mass is 10.2. The number of halogens is 2. The molecule has 0 spiro atoms. The van der Waals surface area contributed by atoms with Crippen molar-refractivity contribution in [3.05, 3.63) is 70.4 Å². The summed E-state index contributed by atoms with van der Waals surface area (Å²) in [7, 11) is -3.71. The number of benzene rings is 2. The fraction of sp³-hybridized carbons (Fsp3) is 0. The van der Waals surface area contributed by atoms with Crippen LogP contribution in [-0.4, -0.2) is 14.6 Å². The maximum atomic E-state index is 11.2. The van der Waals surface area contributed by atoms with Crippen LogP contribution in [0.4, 0.5) is 5.69 Å². The SMILES string of the molecule is NS(=O)(=O)c1ccc(NN=Cc2ccc(-c3cc(Cl)ccc3Cl)o2)cc1. The van der Waals surface area contributed by atoms with Crippen molar-refractivity contribution in [3.63, 3.8) is 0 Å². The van der Waals surface area contributed by atoms with Crippen molar-refractivity contribution in [3.8, 4) is 11.3 Å². The highest BCUT2D eigenvalue weighted by atomic mass is 35.5. The average Bonchev–Trinajstić information content (AvgIpc) is 3.05. The average molecular weight is 410 g/mol. The fourth-order valence-corrected chi connectivity index (χ4v) is 3.04. The Bertz CT molecular complexity index is 1060. The minimum Gasteiger partial charge on any atom is -0.455 e. The third-order valence-electron chi connectivity index (χ3n) is 3.39. The first kappa shape index (κ1) is 18.5. The van der Waals surface area contributed by atoms with Gasteiger partial charge in [0, 0.05) is 10.6 Å². The van der Waals surface area contributed by atoms with Crippen molar-refractivity contribution >= 4 is 45.1 Å². The van der Waals surface area contributed by atoms with Crippen LogP contribution in [0.3, 0.4) is 0 Å². The van der Waals surface area contributed by atoms with Gasteiger partial charge >= 0.3 is 0 Å². The molecule has 26 heavy (non-hydrogen) atoms. The molecular formula is C17H13Cl2N3O3S. The van der Waals surface area contributed by atoms with Gasteiger partial charge < -0.3 is 4.42 Å². The summed E-state index contributed by atoms with van der Waals surface area (Å²) >= 11 is 12.1. The maximum Gasteiger partial charge on any atom is 0.238 e. The first-order valence-electron chi connectivity index (χ1n) is 7.30. The zero-order chi connectivity index (χ0) is 18.7. The highest BCUT2D eigenvalue weighted by Crippen LogP contribution is 2.31. The third-order valence-corrected chi connectivity index (χ3v) is 4.88. The largest absolute Gasteiger partial charge is 0.455 e. The normalized spacial score (nSPS) is 11.8. The van der Waals surface area contributed by atoms with Gasteiger partial charge in [-0.15, -0.1) is 0 Å². The summed E-state index contributed by atoms with van der Waals surface area (Å²) in [6.45, 7) is 0. The summed E-state index contributed by atoms with van der Waals surface area (Å²) in [5, 5.41) is 10.2. The number of sulfonamides is 1. The predicted molar refractivity (Wildman–Crippen MR) is 103 cm³/mol. The standard InChI is InChI=1S/C17H13Cl2N3O3S/c18-11-1-7-16(19)15(9-11)17-8-4-13(25-17)10-21-22-12-2-5-14(6-3-12)26(20,23)24/h1-10,22H,(H2,20,23,24). The Balaban J connectivity index is 1.70.